The lowest BCUT2D eigenvalue weighted by Crippen LogP contribution is -2.43. The fourth-order valence-corrected chi connectivity index (χ4v) is 6.27. The summed E-state index contributed by atoms with van der Waals surface area (Å²) in [5.74, 6) is 0.675. The lowest BCUT2D eigenvalue weighted by Gasteiger charge is -2.34. The third-order valence-electron chi connectivity index (χ3n) is 7.62. The van der Waals surface area contributed by atoms with Gasteiger partial charge in [0, 0.05) is 18.2 Å². The molecule has 3 heterocycles. The predicted molar refractivity (Wildman–Crippen MR) is 138 cm³/mol. The summed E-state index contributed by atoms with van der Waals surface area (Å²) in [5.41, 5.74) is 2.24. The van der Waals surface area contributed by atoms with Crippen LogP contribution in [-0.2, 0) is 0 Å². The van der Waals surface area contributed by atoms with E-state index in [1.54, 1.807) is 17.5 Å². The molecule has 0 spiro atoms. The Hall–Kier alpha value is -2.40. The van der Waals surface area contributed by atoms with Gasteiger partial charge in [0.15, 0.2) is 0 Å². The molecule has 0 saturated heterocycles. The standard InChI is InChI=1S/C25H34N6O3S/c1-5-25(34,6-2)15-11-16(21(33)20(15)32)29-22-18(12(3)27-24(31-22)28-14-7-8-14)23-30-19-13(4)26-10-9-17(19)35-23/h9-10,14-16,20-21,32-34H,5-8,11H2,1-4H3,(H2,27,28,29,31)/t15-,16+,20+,21-/m0/s1. The normalized spacial score (nSPS) is 24.8. The Kier molecular flexibility index (Phi) is 6.41. The van der Waals surface area contributed by atoms with E-state index < -0.39 is 29.8 Å². The van der Waals surface area contributed by atoms with Crippen molar-refractivity contribution in [1.82, 2.24) is 19.9 Å². The van der Waals surface area contributed by atoms with E-state index in [9.17, 15) is 15.3 Å². The van der Waals surface area contributed by atoms with Gasteiger partial charge in [-0.05, 0) is 52.0 Å². The van der Waals surface area contributed by atoms with Crippen LogP contribution in [0.3, 0.4) is 0 Å². The van der Waals surface area contributed by atoms with Crippen LogP contribution in [0.4, 0.5) is 11.8 Å². The van der Waals surface area contributed by atoms with Crippen LogP contribution in [0.1, 0.15) is 57.3 Å². The number of hydrogen-bond donors (Lipinski definition) is 5. The topological polar surface area (TPSA) is 136 Å². The average molecular weight is 499 g/mol. The third-order valence-corrected chi connectivity index (χ3v) is 8.66. The van der Waals surface area contributed by atoms with Crippen molar-refractivity contribution < 1.29 is 15.3 Å². The quantitative estimate of drug-likeness (QED) is 0.316. The molecule has 2 fully saturated rings. The van der Waals surface area contributed by atoms with E-state index >= 15 is 0 Å². The first-order chi connectivity index (χ1) is 16.7. The molecule has 2 saturated carbocycles. The number of nitrogens with zero attached hydrogens (tertiary/aromatic N) is 4. The largest absolute Gasteiger partial charge is 0.390 e. The molecule has 35 heavy (non-hydrogen) atoms. The highest BCUT2D eigenvalue weighted by molar-refractivity contribution is 7.21. The van der Waals surface area contributed by atoms with Crippen molar-refractivity contribution in [2.24, 2.45) is 5.92 Å². The number of aryl methyl sites for hydroxylation is 2. The molecule has 10 heteroatoms. The molecule has 9 nitrogen and oxygen atoms in total. The zero-order valence-corrected chi connectivity index (χ0v) is 21.4. The van der Waals surface area contributed by atoms with Gasteiger partial charge in [-0.1, -0.05) is 13.8 Å². The van der Waals surface area contributed by atoms with E-state index in [4.69, 9.17) is 15.0 Å². The fourth-order valence-electron chi connectivity index (χ4n) is 5.16. The molecule has 0 unspecified atom stereocenters. The van der Waals surface area contributed by atoms with E-state index in [2.05, 4.69) is 15.6 Å². The molecule has 5 N–H and O–H groups in total. The van der Waals surface area contributed by atoms with Gasteiger partial charge in [-0.2, -0.15) is 4.98 Å². The summed E-state index contributed by atoms with van der Waals surface area (Å²) >= 11 is 1.55. The number of aliphatic hydroxyl groups is 3. The second-order valence-corrected chi connectivity index (χ2v) is 11.0. The number of nitrogens with one attached hydrogen (secondary N) is 2. The molecule has 0 radical (unpaired) electrons. The Bertz CT molecular complexity index is 1230. The highest BCUT2D eigenvalue weighted by Crippen LogP contribution is 2.42. The summed E-state index contributed by atoms with van der Waals surface area (Å²) in [6, 6.07) is 1.87. The predicted octanol–water partition coefficient (Wildman–Crippen LogP) is 3.41. The number of aliphatic hydroxyl groups excluding tert-OH is 2. The van der Waals surface area contributed by atoms with E-state index in [0.29, 0.717) is 37.1 Å². The molecule has 3 aromatic heterocycles. The Morgan fingerprint density at radius 2 is 1.77 bits per heavy atom. The Labute approximate surface area is 209 Å². The summed E-state index contributed by atoms with van der Waals surface area (Å²) in [6.45, 7) is 7.70. The molecule has 2 aliphatic carbocycles. The number of thiazole rings is 1. The van der Waals surface area contributed by atoms with Crippen molar-refractivity contribution in [2.75, 3.05) is 10.6 Å². The van der Waals surface area contributed by atoms with Gasteiger partial charge in [0.1, 0.15) is 22.4 Å². The highest BCUT2D eigenvalue weighted by atomic mass is 32.1. The summed E-state index contributed by atoms with van der Waals surface area (Å²) in [7, 11) is 0. The Morgan fingerprint density at radius 3 is 2.43 bits per heavy atom. The van der Waals surface area contributed by atoms with E-state index in [0.717, 1.165) is 45.0 Å². The summed E-state index contributed by atoms with van der Waals surface area (Å²) < 4.78 is 1.03. The van der Waals surface area contributed by atoms with Crippen LogP contribution >= 0.6 is 11.3 Å². The summed E-state index contributed by atoms with van der Waals surface area (Å²) in [5, 5.41) is 40.4. The number of aromatic nitrogens is 4. The fraction of sp³-hybridized carbons (Fsp3) is 0.600. The first-order valence-electron chi connectivity index (χ1n) is 12.5. The van der Waals surface area contributed by atoms with Gasteiger partial charge in [-0.25, -0.2) is 9.97 Å². The molecule has 4 atom stereocenters. The van der Waals surface area contributed by atoms with Crippen molar-refractivity contribution in [1.29, 1.82) is 0 Å². The van der Waals surface area contributed by atoms with Gasteiger partial charge in [0.25, 0.3) is 0 Å². The van der Waals surface area contributed by atoms with Crippen LogP contribution < -0.4 is 10.6 Å². The first-order valence-corrected chi connectivity index (χ1v) is 13.3. The maximum Gasteiger partial charge on any atom is 0.225 e. The lowest BCUT2D eigenvalue weighted by atomic mass is 9.80. The highest BCUT2D eigenvalue weighted by Gasteiger charge is 2.50. The molecule has 5 rings (SSSR count). The van der Waals surface area contributed by atoms with Crippen molar-refractivity contribution in [2.45, 2.75) is 89.7 Å². The number of anilines is 2. The SMILES string of the molecule is CCC(O)(CC)[C@H]1C[C@@H](Nc2nc(NC3CC3)nc(C)c2-c2nc3c(C)nccc3s2)[C@H](O)[C@@H]1O. The summed E-state index contributed by atoms with van der Waals surface area (Å²) in [6.07, 6.45) is 3.37. The van der Waals surface area contributed by atoms with Gasteiger partial charge in [-0.15, -0.1) is 11.3 Å². The molecule has 0 bridgehead atoms. The van der Waals surface area contributed by atoms with Gasteiger partial charge in [0.05, 0.1) is 39.4 Å². The van der Waals surface area contributed by atoms with E-state index in [1.165, 1.54) is 0 Å². The van der Waals surface area contributed by atoms with Crippen LogP contribution in [0.5, 0.6) is 0 Å². The van der Waals surface area contributed by atoms with Gasteiger partial charge in [-0.3, -0.25) is 4.98 Å². The third kappa shape index (κ3) is 4.48. The van der Waals surface area contributed by atoms with Crippen molar-refractivity contribution in [3.05, 3.63) is 23.7 Å². The molecular formula is C25H34N6O3S. The van der Waals surface area contributed by atoms with Crippen molar-refractivity contribution in [3.63, 3.8) is 0 Å². The zero-order chi connectivity index (χ0) is 24.9. The molecule has 2 aliphatic rings. The second-order valence-electron chi connectivity index (χ2n) is 9.92. The van der Waals surface area contributed by atoms with Crippen LogP contribution in [-0.4, -0.2) is 65.1 Å². The lowest BCUT2D eigenvalue weighted by molar-refractivity contribution is -0.0843. The zero-order valence-electron chi connectivity index (χ0n) is 20.6. The molecule has 0 aromatic carbocycles. The van der Waals surface area contributed by atoms with Crippen LogP contribution in [0.25, 0.3) is 20.8 Å². The van der Waals surface area contributed by atoms with Crippen molar-refractivity contribution >= 4 is 33.3 Å². The molecular weight excluding hydrogens is 464 g/mol. The second kappa shape index (κ2) is 9.24. The summed E-state index contributed by atoms with van der Waals surface area (Å²) in [4.78, 5) is 18.7. The van der Waals surface area contributed by atoms with Crippen LogP contribution in [0.2, 0.25) is 0 Å². The maximum absolute atomic E-state index is 11.1. The van der Waals surface area contributed by atoms with E-state index in [-0.39, 0.29) is 0 Å². The van der Waals surface area contributed by atoms with Crippen LogP contribution in [0.15, 0.2) is 12.3 Å². The number of pyridine rings is 1. The molecule has 3 aromatic rings. The average Bonchev–Trinajstić information content (AvgIpc) is 3.47. The smallest absolute Gasteiger partial charge is 0.225 e. The number of fused-ring (bicyclic) bond motifs is 1. The monoisotopic (exact) mass is 498 g/mol. The van der Waals surface area contributed by atoms with Gasteiger partial charge < -0.3 is 26.0 Å². The number of hydrogen-bond acceptors (Lipinski definition) is 10. The van der Waals surface area contributed by atoms with E-state index in [1.807, 2.05) is 33.8 Å². The maximum atomic E-state index is 11.1. The van der Waals surface area contributed by atoms with Gasteiger partial charge >= 0.3 is 0 Å². The van der Waals surface area contributed by atoms with Crippen molar-refractivity contribution in [3.8, 4) is 10.6 Å². The molecule has 0 aliphatic heterocycles. The van der Waals surface area contributed by atoms with Gasteiger partial charge in [0.2, 0.25) is 5.95 Å². The minimum atomic E-state index is -1.03. The molecule has 188 valence electrons. The van der Waals surface area contributed by atoms with Crippen LogP contribution in [0, 0.1) is 19.8 Å². The Morgan fingerprint density at radius 1 is 1.03 bits per heavy atom. The number of rotatable bonds is 8. The minimum Gasteiger partial charge on any atom is -0.390 e. The minimum absolute atomic E-state index is 0.386. The Balaban J connectivity index is 1.54. The molecule has 0 amide bonds. The first kappa shape index (κ1) is 24.3.